The number of aliphatic hydroxyl groups excluding tert-OH is 1. The molecule has 0 saturated heterocycles. The highest BCUT2D eigenvalue weighted by Gasteiger charge is 2.23. The third-order valence-electron chi connectivity index (χ3n) is 3.90. The Morgan fingerprint density at radius 1 is 0.926 bits per heavy atom. The van der Waals surface area contributed by atoms with Crippen LogP contribution in [0.15, 0.2) is 79.1 Å². The molecule has 0 spiro atoms. The van der Waals surface area contributed by atoms with Crippen LogP contribution in [0.25, 0.3) is 11.5 Å². The third kappa shape index (κ3) is 4.86. The lowest BCUT2D eigenvalue weighted by atomic mass is 10.1. The summed E-state index contributed by atoms with van der Waals surface area (Å²) in [5.41, 5.74) is 2.07. The van der Waals surface area contributed by atoms with Crippen molar-refractivity contribution >= 4 is 51.9 Å². The minimum absolute atomic E-state index is 0.00956. The van der Waals surface area contributed by atoms with E-state index in [1.165, 1.54) is 0 Å². The van der Waals surface area contributed by atoms with Crippen molar-refractivity contribution in [3.8, 4) is 0 Å². The van der Waals surface area contributed by atoms with Gasteiger partial charge in [0, 0.05) is 24.2 Å². The molecule has 0 aliphatic heterocycles. The Morgan fingerprint density at radius 3 is 2.26 bits per heavy atom. The van der Waals surface area contributed by atoms with Crippen LogP contribution in [0.5, 0.6) is 0 Å². The van der Waals surface area contributed by atoms with Crippen LogP contribution in [0.3, 0.4) is 0 Å². The topological polar surface area (TPSA) is 36.1 Å². The lowest BCUT2D eigenvalue weighted by Crippen LogP contribution is -2.40. The zero-order valence-electron chi connectivity index (χ0n) is 14.3. The second kappa shape index (κ2) is 9.00. The van der Waals surface area contributed by atoms with Crippen LogP contribution >= 0.6 is 35.4 Å². The first-order valence-electron chi connectivity index (χ1n) is 8.23. The molecule has 0 fully saturated rings. The van der Waals surface area contributed by atoms with Crippen LogP contribution in [-0.4, -0.2) is 10.1 Å². The number of aromatic nitrogens is 1. The maximum absolute atomic E-state index is 10.9. The molecule has 3 aromatic rings. The fourth-order valence-corrected chi connectivity index (χ4v) is 3.11. The molecular weight excluding hydrogens is 399 g/mol. The monoisotopic (exact) mass is 415 g/mol. The molecule has 1 heterocycles. The van der Waals surface area contributed by atoms with Gasteiger partial charge in [0.1, 0.15) is 0 Å². The van der Waals surface area contributed by atoms with Gasteiger partial charge in [-0.1, -0.05) is 71.8 Å². The first-order chi connectivity index (χ1) is 13.1. The first kappa shape index (κ1) is 19.4. The van der Waals surface area contributed by atoms with Gasteiger partial charge in [-0.25, -0.2) is 0 Å². The first-order valence-corrected chi connectivity index (χ1v) is 9.40. The molecule has 1 aromatic heterocycles. The van der Waals surface area contributed by atoms with E-state index in [9.17, 15) is 5.11 Å². The maximum atomic E-state index is 10.9. The lowest BCUT2D eigenvalue weighted by molar-refractivity contribution is -0.576. The van der Waals surface area contributed by atoms with E-state index in [0.29, 0.717) is 32.8 Å². The molecule has 27 heavy (non-hydrogen) atoms. The van der Waals surface area contributed by atoms with Gasteiger partial charge in [0.15, 0.2) is 23.1 Å². The standard InChI is InChI=1S/C21H16Cl2N2OS/c22-17-10-9-16(13-18(17)23)20(26)19(25-11-5-2-6-12-25)21(27)24-14-15-7-3-1-4-8-15/h1-13H,14H2,(H-,24,26,27)/p+1. The summed E-state index contributed by atoms with van der Waals surface area (Å²) in [6.45, 7) is 0.547. The summed E-state index contributed by atoms with van der Waals surface area (Å²) in [4.78, 5) is 0.415. The highest BCUT2D eigenvalue weighted by Crippen LogP contribution is 2.26. The summed E-state index contributed by atoms with van der Waals surface area (Å²) in [6, 6.07) is 20.5. The Morgan fingerprint density at radius 2 is 1.59 bits per heavy atom. The van der Waals surface area contributed by atoms with Crippen molar-refractivity contribution in [3.05, 3.63) is 100 Å². The summed E-state index contributed by atoms with van der Waals surface area (Å²) < 4.78 is 1.76. The molecule has 2 aromatic carbocycles. The van der Waals surface area contributed by atoms with Crippen molar-refractivity contribution in [2.45, 2.75) is 6.54 Å². The van der Waals surface area contributed by atoms with Gasteiger partial charge in [0.2, 0.25) is 0 Å². The predicted octanol–water partition coefficient (Wildman–Crippen LogP) is 5.28. The van der Waals surface area contributed by atoms with Gasteiger partial charge >= 0.3 is 0 Å². The summed E-state index contributed by atoms with van der Waals surface area (Å²) in [7, 11) is 0. The van der Waals surface area contributed by atoms with E-state index in [1.54, 1.807) is 22.8 Å². The predicted molar refractivity (Wildman–Crippen MR) is 115 cm³/mol. The Balaban J connectivity index is 1.97. The Kier molecular flexibility index (Phi) is 6.45. The van der Waals surface area contributed by atoms with Crippen molar-refractivity contribution in [2.75, 3.05) is 0 Å². The van der Waals surface area contributed by atoms with Gasteiger partial charge in [-0.3, -0.25) is 0 Å². The van der Waals surface area contributed by atoms with Gasteiger partial charge in [0.25, 0.3) is 5.70 Å². The Hall–Kier alpha value is -2.40. The summed E-state index contributed by atoms with van der Waals surface area (Å²) in [5, 5.41) is 14.9. The lowest BCUT2D eigenvalue weighted by Gasteiger charge is -2.10. The summed E-state index contributed by atoms with van der Waals surface area (Å²) in [5.74, 6) is 0.00956. The van der Waals surface area contributed by atoms with E-state index in [1.807, 2.05) is 60.9 Å². The van der Waals surface area contributed by atoms with Crippen molar-refractivity contribution in [2.24, 2.45) is 0 Å². The molecule has 0 unspecified atom stereocenters. The van der Waals surface area contributed by atoms with Gasteiger partial charge in [-0.05, 0) is 23.8 Å². The molecule has 0 aliphatic rings. The van der Waals surface area contributed by atoms with Crippen molar-refractivity contribution in [3.63, 3.8) is 0 Å². The summed E-state index contributed by atoms with van der Waals surface area (Å²) >= 11 is 17.7. The van der Waals surface area contributed by atoms with Gasteiger partial charge < -0.3 is 10.4 Å². The molecule has 0 saturated carbocycles. The maximum Gasteiger partial charge on any atom is 0.287 e. The van der Waals surface area contributed by atoms with Crippen LogP contribution in [0, 0.1) is 0 Å². The van der Waals surface area contributed by atoms with Crippen molar-refractivity contribution in [1.29, 1.82) is 0 Å². The average Bonchev–Trinajstić information content (AvgIpc) is 2.70. The zero-order chi connectivity index (χ0) is 19.2. The molecule has 0 atom stereocenters. The largest absolute Gasteiger partial charge is 0.502 e. The SMILES string of the molecule is OC(=C(C(=S)NCc1ccccc1)[n+]1ccccc1)c1ccc(Cl)c(Cl)c1. The molecule has 3 nitrogen and oxygen atoms in total. The van der Waals surface area contributed by atoms with E-state index >= 15 is 0 Å². The molecule has 136 valence electrons. The van der Waals surface area contributed by atoms with Crippen LogP contribution in [0.4, 0.5) is 0 Å². The molecule has 3 rings (SSSR count). The van der Waals surface area contributed by atoms with Crippen molar-refractivity contribution in [1.82, 2.24) is 5.32 Å². The fraction of sp³-hybridized carbons (Fsp3) is 0.0476. The molecule has 0 amide bonds. The van der Waals surface area contributed by atoms with Crippen LogP contribution < -0.4 is 9.88 Å². The minimum Gasteiger partial charge on any atom is -0.502 e. The number of hydrogen-bond acceptors (Lipinski definition) is 2. The van der Waals surface area contributed by atoms with E-state index in [4.69, 9.17) is 35.4 Å². The minimum atomic E-state index is 0.00956. The highest BCUT2D eigenvalue weighted by molar-refractivity contribution is 7.81. The fourth-order valence-electron chi connectivity index (χ4n) is 2.54. The second-order valence-corrected chi connectivity index (χ2v) is 7.00. The molecular formula is C21H17Cl2N2OS+. The van der Waals surface area contributed by atoms with Gasteiger partial charge in [-0.2, -0.15) is 4.57 Å². The Labute approximate surface area is 173 Å². The second-order valence-electron chi connectivity index (χ2n) is 5.78. The number of halogens is 2. The average molecular weight is 416 g/mol. The molecule has 2 N–H and O–H groups in total. The molecule has 0 bridgehead atoms. The normalized spacial score (nSPS) is 11.6. The number of thiocarbonyl (C=S) groups is 1. The van der Waals surface area contributed by atoms with E-state index < -0.39 is 0 Å². The van der Waals surface area contributed by atoms with E-state index in [0.717, 1.165) is 5.56 Å². The Bertz CT molecular complexity index is 976. The van der Waals surface area contributed by atoms with Crippen LogP contribution in [0.2, 0.25) is 10.0 Å². The van der Waals surface area contributed by atoms with E-state index in [2.05, 4.69) is 5.32 Å². The number of hydrogen-bond donors (Lipinski definition) is 2. The van der Waals surface area contributed by atoms with Crippen LogP contribution in [0.1, 0.15) is 11.1 Å². The number of nitrogens with one attached hydrogen (secondary N) is 1. The molecule has 6 heteroatoms. The third-order valence-corrected chi connectivity index (χ3v) is 4.98. The van der Waals surface area contributed by atoms with Gasteiger partial charge in [0.05, 0.1) is 10.0 Å². The number of aliphatic hydroxyl groups is 1. The quantitative estimate of drug-likeness (QED) is 0.257. The van der Waals surface area contributed by atoms with Crippen molar-refractivity contribution < 1.29 is 9.67 Å². The molecule has 0 aliphatic carbocycles. The number of nitrogens with zero attached hydrogens (tertiary/aromatic N) is 1. The summed E-state index contributed by atoms with van der Waals surface area (Å²) in [6.07, 6.45) is 3.64. The highest BCUT2D eigenvalue weighted by atomic mass is 35.5. The van der Waals surface area contributed by atoms with E-state index in [-0.39, 0.29) is 5.76 Å². The van der Waals surface area contributed by atoms with Gasteiger partial charge in [-0.15, -0.1) is 0 Å². The van der Waals surface area contributed by atoms with Crippen LogP contribution in [-0.2, 0) is 6.54 Å². The number of pyridine rings is 1. The zero-order valence-corrected chi connectivity index (χ0v) is 16.6. The number of rotatable bonds is 5. The molecule has 0 radical (unpaired) electrons. The smallest absolute Gasteiger partial charge is 0.287 e. The number of benzene rings is 2.